The highest BCUT2D eigenvalue weighted by molar-refractivity contribution is 8.01. The molecule has 1 saturated carbocycles. The monoisotopic (exact) mass is 258 g/mol. The summed E-state index contributed by atoms with van der Waals surface area (Å²) in [6, 6.07) is 0. The van der Waals surface area contributed by atoms with Gasteiger partial charge in [0.1, 0.15) is 5.78 Å². The Morgan fingerprint density at radius 2 is 1.88 bits per heavy atom. The lowest BCUT2D eigenvalue weighted by Gasteiger charge is -2.38. The minimum Gasteiger partial charge on any atom is -0.469 e. The van der Waals surface area contributed by atoms with Gasteiger partial charge in [-0.25, -0.2) is 0 Å². The Labute approximate surface area is 108 Å². The molecule has 98 valence electrons. The summed E-state index contributed by atoms with van der Waals surface area (Å²) in [7, 11) is 1.40. The normalized spacial score (nSPS) is 18.4. The summed E-state index contributed by atoms with van der Waals surface area (Å²) in [4.78, 5) is 23.6. The van der Waals surface area contributed by atoms with Gasteiger partial charge in [-0.3, -0.25) is 9.59 Å². The van der Waals surface area contributed by atoms with Gasteiger partial charge in [0, 0.05) is 11.2 Å². The minimum atomic E-state index is -0.496. The second kappa shape index (κ2) is 5.42. The van der Waals surface area contributed by atoms with Crippen LogP contribution in [0.3, 0.4) is 0 Å². The van der Waals surface area contributed by atoms with E-state index >= 15 is 0 Å². The van der Waals surface area contributed by atoms with Crippen LogP contribution < -0.4 is 0 Å². The van der Waals surface area contributed by atoms with Crippen LogP contribution in [0.4, 0.5) is 0 Å². The van der Waals surface area contributed by atoms with Gasteiger partial charge in [-0.1, -0.05) is 27.2 Å². The number of carbonyl (C=O) groups is 2. The number of Topliss-reactive ketones (excluding diaryl/α,β-unsaturated/α-hetero) is 1. The van der Waals surface area contributed by atoms with Crippen molar-refractivity contribution < 1.29 is 14.3 Å². The lowest BCUT2D eigenvalue weighted by atomic mass is 9.66. The van der Waals surface area contributed by atoms with E-state index in [-0.39, 0.29) is 16.5 Å². The highest BCUT2D eigenvalue weighted by Crippen LogP contribution is 2.45. The lowest BCUT2D eigenvalue weighted by Crippen LogP contribution is -2.41. The fourth-order valence-corrected chi connectivity index (χ4v) is 2.69. The van der Waals surface area contributed by atoms with Crippen molar-refractivity contribution in [3.05, 3.63) is 0 Å². The van der Waals surface area contributed by atoms with E-state index in [2.05, 4.69) is 20.8 Å². The zero-order valence-corrected chi connectivity index (χ0v) is 12.0. The zero-order chi connectivity index (χ0) is 13.1. The van der Waals surface area contributed by atoms with Crippen molar-refractivity contribution in [2.75, 3.05) is 12.9 Å². The molecule has 0 aromatic rings. The van der Waals surface area contributed by atoms with Gasteiger partial charge in [0.2, 0.25) is 0 Å². The second-order valence-corrected chi connectivity index (χ2v) is 7.54. The number of rotatable bonds is 5. The van der Waals surface area contributed by atoms with Crippen LogP contribution in [0.5, 0.6) is 0 Å². The first-order valence-corrected chi connectivity index (χ1v) is 7.02. The molecule has 0 bridgehead atoms. The number of carbonyl (C=O) groups excluding carboxylic acids is 2. The summed E-state index contributed by atoms with van der Waals surface area (Å²) in [5, 5.41) is 0. The average Bonchev–Trinajstić information content (AvgIpc) is 2.18. The predicted octanol–water partition coefficient (Wildman–Crippen LogP) is 2.82. The van der Waals surface area contributed by atoms with E-state index in [1.807, 2.05) is 0 Å². The highest BCUT2D eigenvalue weighted by atomic mass is 32.2. The molecule has 0 spiro atoms. The third-order valence-electron chi connectivity index (χ3n) is 3.13. The van der Waals surface area contributed by atoms with Crippen LogP contribution >= 0.6 is 11.8 Å². The summed E-state index contributed by atoms with van der Waals surface area (Å²) >= 11 is 1.63. The van der Waals surface area contributed by atoms with E-state index in [0.717, 1.165) is 19.3 Å². The van der Waals surface area contributed by atoms with Crippen molar-refractivity contribution in [1.29, 1.82) is 0 Å². The molecular formula is C13H22O3S. The van der Waals surface area contributed by atoms with Crippen molar-refractivity contribution in [2.24, 2.45) is 5.41 Å². The SMILES string of the molecule is COC(=O)C1(CC(=O)CSC(C)(C)C)CCC1. The smallest absolute Gasteiger partial charge is 0.312 e. The molecule has 17 heavy (non-hydrogen) atoms. The topological polar surface area (TPSA) is 43.4 Å². The zero-order valence-electron chi connectivity index (χ0n) is 11.2. The molecule has 0 unspecified atom stereocenters. The Hall–Kier alpha value is -0.510. The fourth-order valence-electron chi connectivity index (χ4n) is 2.00. The Balaban J connectivity index is 2.47. The molecule has 1 aliphatic rings. The van der Waals surface area contributed by atoms with Crippen molar-refractivity contribution in [3.63, 3.8) is 0 Å². The predicted molar refractivity (Wildman–Crippen MR) is 70.1 cm³/mol. The number of methoxy groups -OCH3 is 1. The van der Waals surface area contributed by atoms with Gasteiger partial charge < -0.3 is 4.74 Å². The third kappa shape index (κ3) is 4.02. The Bertz CT molecular complexity index is 300. The Kier molecular flexibility index (Phi) is 4.64. The Morgan fingerprint density at radius 1 is 1.29 bits per heavy atom. The van der Waals surface area contributed by atoms with E-state index in [1.165, 1.54) is 7.11 Å². The molecule has 0 saturated heterocycles. The molecule has 0 aromatic heterocycles. The number of thioether (sulfide) groups is 1. The maximum atomic E-state index is 11.9. The summed E-state index contributed by atoms with van der Waals surface area (Å²) in [6.07, 6.45) is 2.97. The highest BCUT2D eigenvalue weighted by Gasteiger charge is 2.46. The quantitative estimate of drug-likeness (QED) is 0.711. The van der Waals surface area contributed by atoms with Gasteiger partial charge in [-0.15, -0.1) is 11.8 Å². The number of ketones is 1. The lowest BCUT2D eigenvalue weighted by molar-refractivity contribution is -0.160. The van der Waals surface area contributed by atoms with Gasteiger partial charge in [-0.2, -0.15) is 0 Å². The molecular weight excluding hydrogens is 236 g/mol. The second-order valence-electron chi connectivity index (χ2n) is 5.74. The summed E-state index contributed by atoms with van der Waals surface area (Å²) in [5.74, 6) is 0.440. The van der Waals surface area contributed by atoms with Crippen molar-refractivity contribution in [1.82, 2.24) is 0 Å². The van der Waals surface area contributed by atoms with Crippen LogP contribution in [0.2, 0.25) is 0 Å². The van der Waals surface area contributed by atoms with Gasteiger partial charge in [0.05, 0.1) is 18.3 Å². The first-order valence-electron chi connectivity index (χ1n) is 6.03. The van der Waals surface area contributed by atoms with E-state index in [4.69, 9.17) is 4.74 Å². The first-order chi connectivity index (χ1) is 7.79. The molecule has 3 nitrogen and oxygen atoms in total. The van der Waals surface area contributed by atoms with Gasteiger partial charge in [0.25, 0.3) is 0 Å². The summed E-state index contributed by atoms with van der Waals surface area (Å²) in [5.41, 5.74) is -0.496. The molecule has 1 aliphatic carbocycles. The number of ether oxygens (including phenoxy) is 1. The number of hydrogen-bond acceptors (Lipinski definition) is 4. The molecule has 4 heteroatoms. The van der Waals surface area contributed by atoms with E-state index in [1.54, 1.807) is 11.8 Å². The summed E-state index contributed by atoms with van der Waals surface area (Å²) in [6.45, 7) is 6.26. The molecule has 0 aliphatic heterocycles. The van der Waals surface area contributed by atoms with Crippen molar-refractivity contribution in [2.45, 2.75) is 51.2 Å². The fraction of sp³-hybridized carbons (Fsp3) is 0.846. The van der Waals surface area contributed by atoms with Crippen LogP contribution in [0.25, 0.3) is 0 Å². The minimum absolute atomic E-state index is 0.0910. The number of esters is 1. The van der Waals surface area contributed by atoms with Crippen LogP contribution in [0, 0.1) is 5.41 Å². The molecule has 0 heterocycles. The van der Waals surface area contributed by atoms with Gasteiger partial charge in [-0.05, 0) is 12.8 Å². The van der Waals surface area contributed by atoms with Crippen LogP contribution in [-0.2, 0) is 14.3 Å². The maximum absolute atomic E-state index is 11.9. The van der Waals surface area contributed by atoms with Crippen LogP contribution in [-0.4, -0.2) is 29.4 Å². The van der Waals surface area contributed by atoms with Crippen LogP contribution in [0.1, 0.15) is 46.5 Å². The largest absolute Gasteiger partial charge is 0.469 e. The average molecular weight is 258 g/mol. The van der Waals surface area contributed by atoms with Crippen molar-refractivity contribution >= 4 is 23.5 Å². The molecule has 1 fully saturated rings. The van der Waals surface area contributed by atoms with Gasteiger partial charge >= 0.3 is 5.97 Å². The van der Waals surface area contributed by atoms with Crippen molar-refractivity contribution in [3.8, 4) is 0 Å². The maximum Gasteiger partial charge on any atom is 0.312 e. The summed E-state index contributed by atoms with van der Waals surface area (Å²) < 4.78 is 4.90. The van der Waals surface area contributed by atoms with E-state index < -0.39 is 5.41 Å². The first kappa shape index (κ1) is 14.6. The number of hydrogen-bond donors (Lipinski definition) is 0. The van der Waals surface area contributed by atoms with Crippen LogP contribution in [0.15, 0.2) is 0 Å². The molecule has 0 radical (unpaired) electrons. The Morgan fingerprint density at radius 3 is 2.24 bits per heavy atom. The molecule has 0 aromatic carbocycles. The molecule has 1 rings (SSSR count). The molecule has 0 atom stereocenters. The van der Waals surface area contributed by atoms with E-state index in [9.17, 15) is 9.59 Å². The van der Waals surface area contributed by atoms with E-state index in [0.29, 0.717) is 12.2 Å². The third-order valence-corrected chi connectivity index (χ3v) is 4.46. The van der Waals surface area contributed by atoms with Gasteiger partial charge in [0.15, 0.2) is 0 Å². The molecule has 0 N–H and O–H groups in total. The standard InChI is InChI=1S/C13H22O3S/c1-12(2,3)17-9-10(14)8-13(6-5-7-13)11(15)16-4/h5-9H2,1-4H3. The molecule has 0 amide bonds.